The van der Waals surface area contributed by atoms with Crippen LogP contribution in [-0.4, -0.2) is 29.1 Å². The molecule has 7 heteroatoms. The molecule has 21 heavy (non-hydrogen) atoms. The Morgan fingerprint density at radius 2 is 2.24 bits per heavy atom. The maximum Gasteiger partial charge on any atom is 0.311 e. The van der Waals surface area contributed by atoms with Gasteiger partial charge in [0.2, 0.25) is 0 Å². The predicted molar refractivity (Wildman–Crippen MR) is 74.9 cm³/mol. The highest BCUT2D eigenvalue weighted by atomic mass is 19.1. The third-order valence-corrected chi connectivity index (χ3v) is 3.98. The molecule has 6 nitrogen and oxygen atoms in total. The fraction of sp³-hybridized carbons (Fsp3) is 0.500. The van der Waals surface area contributed by atoms with Crippen LogP contribution in [0.3, 0.4) is 0 Å². The van der Waals surface area contributed by atoms with Gasteiger partial charge in [0, 0.05) is 24.8 Å². The molecule has 1 N–H and O–H groups in total. The van der Waals surface area contributed by atoms with Gasteiger partial charge in [0.05, 0.1) is 16.4 Å². The quantitative estimate of drug-likeness (QED) is 0.667. The van der Waals surface area contributed by atoms with Crippen LogP contribution in [0, 0.1) is 21.3 Å². The second-order valence-corrected chi connectivity index (χ2v) is 5.43. The van der Waals surface area contributed by atoms with E-state index in [1.807, 2.05) is 6.92 Å². The van der Waals surface area contributed by atoms with Crippen molar-refractivity contribution in [2.45, 2.75) is 26.2 Å². The summed E-state index contributed by atoms with van der Waals surface area (Å²) in [6, 6.07) is 3.35. The van der Waals surface area contributed by atoms with Crippen molar-refractivity contribution < 1.29 is 19.2 Å². The second-order valence-electron chi connectivity index (χ2n) is 5.43. The first-order valence-electron chi connectivity index (χ1n) is 6.81. The normalized spacial score (nSPS) is 21.5. The molecule has 1 aromatic carbocycles. The monoisotopic (exact) mass is 296 g/mol. The molecule has 0 aromatic heterocycles. The number of nitro benzene ring substituents is 1. The Hall–Kier alpha value is -2.18. The van der Waals surface area contributed by atoms with Gasteiger partial charge in [-0.2, -0.15) is 0 Å². The van der Waals surface area contributed by atoms with E-state index in [-0.39, 0.29) is 12.2 Å². The number of aliphatic carboxylic acids is 1. The van der Waals surface area contributed by atoms with Crippen molar-refractivity contribution in [2.75, 3.05) is 18.0 Å². The van der Waals surface area contributed by atoms with Gasteiger partial charge in [0.15, 0.2) is 0 Å². The first kappa shape index (κ1) is 15.2. The summed E-state index contributed by atoms with van der Waals surface area (Å²) in [5.41, 5.74) is -0.815. The summed E-state index contributed by atoms with van der Waals surface area (Å²) in [5, 5.41) is 20.2. The third kappa shape index (κ3) is 2.96. The average molecular weight is 296 g/mol. The number of carbonyl (C=O) groups is 1. The van der Waals surface area contributed by atoms with Crippen LogP contribution >= 0.6 is 0 Å². The summed E-state index contributed by atoms with van der Waals surface area (Å²) >= 11 is 0. The van der Waals surface area contributed by atoms with Crippen molar-refractivity contribution in [3.8, 4) is 0 Å². The molecule has 0 bridgehead atoms. The summed E-state index contributed by atoms with van der Waals surface area (Å²) in [5.74, 6) is -1.56. The van der Waals surface area contributed by atoms with E-state index < -0.39 is 22.1 Å². The zero-order valence-corrected chi connectivity index (χ0v) is 11.7. The van der Waals surface area contributed by atoms with Crippen molar-refractivity contribution in [3.05, 3.63) is 34.1 Å². The Bertz CT molecular complexity index is 578. The van der Waals surface area contributed by atoms with E-state index in [4.69, 9.17) is 0 Å². The first-order valence-corrected chi connectivity index (χ1v) is 6.81. The van der Waals surface area contributed by atoms with E-state index >= 15 is 0 Å². The number of anilines is 1. The van der Waals surface area contributed by atoms with E-state index in [2.05, 4.69) is 0 Å². The molecular weight excluding hydrogens is 279 g/mol. The zero-order chi connectivity index (χ0) is 15.6. The largest absolute Gasteiger partial charge is 0.481 e. The standard InChI is InChI=1S/C14H17FN2O4/c1-2-3-14(13(18)19)4-5-16(9-14)11-6-10(15)7-12(8-11)17(20)21/h6-8H,2-5,9H2,1H3,(H,18,19). The minimum Gasteiger partial charge on any atom is -0.481 e. The van der Waals surface area contributed by atoms with E-state index in [9.17, 15) is 24.4 Å². The van der Waals surface area contributed by atoms with Gasteiger partial charge in [-0.3, -0.25) is 14.9 Å². The molecule has 1 fully saturated rings. The summed E-state index contributed by atoms with van der Waals surface area (Å²) in [6.07, 6.45) is 1.74. The number of nitro groups is 1. The topological polar surface area (TPSA) is 83.7 Å². The smallest absolute Gasteiger partial charge is 0.311 e. The molecule has 1 atom stereocenters. The summed E-state index contributed by atoms with van der Waals surface area (Å²) < 4.78 is 13.5. The van der Waals surface area contributed by atoms with Crippen LogP contribution in [-0.2, 0) is 4.79 Å². The number of benzene rings is 1. The van der Waals surface area contributed by atoms with Crippen LogP contribution < -0.4 is 4.90 Å². The van der Waals surface area contributed by atoms with Gasteiger partial charge in [-0.1, -0.05) is 13.3 Å². The molecule has 1 aliphatic rings. The van der Waals surface area contributed by atoms with E-state index in [1.165, 1.54) is 12.1 Å². The fourth-order valence-electron chi connectivity index (χ4n) is 2.90. The van der Waals surface area contributed by atoms with E-state index in [0.29, 0.717) is 25.1 Å². The third-order valence-electron chi connectivity index (χ3n) is 3.98. The van der Waals surface area contributed by atoms with Crippen molar-refractivity contribution >= 4 is 17.3 Å². The summed E-state index contributed by atoms with van der Waals surface area (Å²) in [4.78, 5) is 23.4. The Balaban J connectivity index is 2.29. The highest BCUT2D eigenvalue weighted by Crippen LogP contribution is 2.38. The molecule has 2 rings (SSSR count). The predicted octanol–water partition coefficient (Wildman–Crippen LogP) is 2.82. The van der Waals surface area contributed by atoms with Crippen LogP contribution in [0.2, 0.25) is 0 Å². The van der Waals surface area contributed by atoms with E-state index in [1.54, 1.807) is 4.90 Å². The summed E-state index contributed by atoms with van der Waals surface area (Å²) in [7, 11) is 0. The van der Waals surface area contributed by atoms with Crippen molar-refractivity contribution in [1.29, 1.82) is 0 Å². The van der Waals surface area contributed by atoms with Crippen molar-refractivity contribution in [2.24, 2.45) is 5.41 Å². The lowest BCUT2D eigenvalue weighted by molar-refractivity contribution is -0.385. The van der Waals surface area contributed by atoms with Crippen LogP contribution in [0.15, 0.2) is 18.2 Å². The van der Waals surface area contributed by atoms with Crippen LogP contribution in [0.1, 0.15) is 26.2 Å². The number of halogens is 1. The summed E-state index contributed by atoms with van der Waals surface area (Å²) in [6.45, 7) is 2.62. The number of hydrogen-bond acceptors (Lipinski definition) is 4. The van der Waals surface area contributed by atoms with Crippen molar-refractivity contribution in [1.82, 2.24) is 0 Å². The molecule has 1 aliphatic heterocycles. The molecule has 0 saturated carbocycles. The number of non-ortho nitro benzene ring substituents is 1. The SMILES string of the molecule is CCCC1(C(=O)O)CCN(c2cc(F)cc([N+](=O)[O-])c2)C1. The van der Waals surface area contributed by atoms with Gasteiger partial charge >= 0.3 is 5.97 Å². The number of carboxylic acid groups (broad SMARTS) is 1. The van der Waals surface area contributed by atoms with Gasteiger partial charge in [-0.25, -0.2) is 4.39 Å². The minimum absolute atomic E-state index is 0.247. The Morgan fingerprint density at radius 1 is 1.52 bits per heavy atom. The number of carboxylic acids is 1. The maximum atomic E-state index is 13.5. The molecule has 0 radical (unpaired) electrons. The Kier molecular flexibility index (Phi) is 4.11. The molecular formula is C14H17FN2O4. The first-order chi connectivity index (χ1) is 9.88. The average Bonchev–Trinajstić information content (AvgIpc) is 2.84. The molecule has 1 heterocycles. The molecule has 0 spiro atoms. The molecule has 1 aromatic rings. The molecule has 114 valence electrons. The van der Waals surface area contributed by atoms with Gasteiger partial charge in [-0.15, -0.1) is 0 Å². The molecule has 0 aliphatic carbocycles. The van der Waals surface area contributed by atoms with Gasteiger partial charge in [0.1, 0.15) is 5.82 Å². The lowest BCUT2D eigenvalue weighted by Gasteiger charge is -2.25. The highest BCUT2D eigenvalue weighted by Gasteiger charge is 2.44. The maximum absolute atomic E-state index is 13.5. The molecule has 0 amide bonds. The number of rotatable bonds is 5. The second kappa shape index (κ2) is 5.67. The number of nitrogens with zero attached hydrogens (tertiary/aromatic N) is 2. The van der Waals surface area contributed by atoms with Gasteiger partial charge in [-0.05, 0) is 18.9 Å². The van der Waals surface area contributed by atoms with Crippen LogP contribution in [0.4, 0.5) is 15.8 Å². The van der Waals surface area contributed by atoms with Crippen molar-refractivity contribution in [3.63, 3.8) is 0 Å². The lowest BCUT2D eigenvalue weighted by Crippen LogP contribution is -2.34. The number of hydrogen-bond donors (Lipinski definition) is 1. The minimum atomic E-state index is -0.863. The zero-order valence-electron chi connectivity index (χ0n) is 11.7. The molecule has 1 saturated heterocycles. The Morgan fingerprint density at radius 3 is 2.81 bits per heavy atom. The van der Waals surface area contributed by atoms with Gasteiger partial charge < -0.3 is 10.0 Å². The van der Waals surface area contributed by atoms with Crippen LogP contribution in [0.5, 0.6) is 0 Å². The van der Waals surface area contributed by atoms with Crippen LogP contribution in [0.25, 0.3) is 0 Å². The van der Waals surface area contributed by atoms with E-state index in [0.717, 1.165) is 12.5 Å². The lowest BCUT2D eigenvalue weighted by atomic mass is 9.83. The molecule has 1 unspecified atom stereocenters. The Labute approximate surface area is 121 Å². The van der Waals surface area contributed by atoms with Gasteiger partial charge in [0.25, 0.3) is 5.69 Å². The fourth-order valence-corrected chi connectivity index (χ4v) is 2.90. The highest BCUT2D eigenvalue weighted by molar-refractivity contribution is 5.77.